The minimum atomic E-state index is -0.139. The molecule has 1 aliphatic carbocycles. The van der Waals surface area contributed by atoms with Gasteiger partial charge in [0.25, 0.3) is 0 Å². The first kappa shape index (κ1) is 26.2. The molecule has 0 saturated heterocycles. The van der Waals surface area contributed by atoms with Crippen molar-refractivity contribution < 1.29 is 0 Å². The maximum absolute atomic E-state index is 2.44. The molecule has 0 bridgehead atoms. The lowest BCUT2D eigenvalue weighted by molar-refractivity contribution is 0.660. The predicted octanol–water partition coefficient (Wildman–Crippen LogP) is 11.9. The number of nitrogens with zero attached hydrogens (tertiary/aromatic N) is 1. The molecule has 0 heterocycles. The third kappa shape index (κ3) is 4.16. The SMILES string of the molecule is CC1(C)c2cc(N(c3ccccc3)c3ccc4ccccc4c3-c3ccccc3)ccc2-c2c(-c3ccccc3)cccc21. The molecule has 7 aromatic carbocycles. The molecule has 0 radical (unpaired) electrons. The highest BCUT2D eigenvalue weighted by Crippen LogP contribution is 2.54. The van der Waals surface area contributed by atoms with Crippen molar-refractivity contribution in [2.75, 3.05) is 4.90 Å². The van der Waals surface area contributed by atoms with Crippen LogP contribution in [0.25, 0.3) is 44.2 Å². The van der Waals surface area contributed by atoms with E-state index < -0.39 is 0 Å². The summed E-state index contributed by atoms with van der Waals surface area (Å²) in [6.07, 6.45) is 0. The molecule has 0 amide bonds. The summed E-state index contributed by atoms with van der Waals surface area (Å²) in [7, 11) is 0. The summed E-state index contributed by atoms with van der Waals surface area (Å²) in [4.78, 5) is 2.44. The monoisotopic (exact) mass is 563 g/mol. The number of benzene rings is 7. The zero-order valence-corrected chi connectivity index (χ0v) is 25.0. The minimum Gasteiger partial charge on any atom is -0.310 e. The second-order valence-electron chi connectivity index (χ2n) is 12.2. The van der Waals surface area contributed by atoms with Gasteiger partial charge < -0.3 is 4.90 Å². The summed E-state index contributed by atoms with van der Waals surface area (Å²) in [5.74, 6) is 0. The van der Waals surface area contributed by atoms with Crippen molar-refractivity contribution in [3.63, 3.8) is 0 Å². The lowest BCUT2D eigenvalue weighted by atomic mass is 9.81. The number of hydrogen-bond acceptors (Lipinski definition) is 1. The van der Waals surface area contributed by atoms with E-state index >= 15 is 0 Å². The first-order valence-corrected chi connectivity index (χ1v) is 15.4. The molecule has 8 rings (SSSR count). The Balaban J connectivity index is 1.38. The van der Waals surface area contributed by atoms with Gasteiger partial charge in [-0.05, 0) is 80.0 Å². The van der Waals surface area contributed by atoms with E-state index in [2.05, 4.69) is 183 Å². The van der Waals surface area contributed by atoms with E-state index in [0.29, 0.717) is 0 Å². The van der Waals surface area contributed by atoms with Gasteiger partial charge in [-0.2, -0.15) is 0 Å². The molecule has 7 aromatic rings. The molecule has 0 spiro atoms. The molecule has 0 N–H and O–H groups in total. The van der Waals surface area contributed by atoms with Crippen molar-refractivity contribution in [3.05, 3.63) is 175 Å². The Labute approximate surface area is 259 Å². The molecule has 0 unspecified atom stereocenters. The van der Waals surface area contributed by atoms with Crippen LogP contribution in [0, 0.1) is 0 Å². The van der Waals surface area contributed by atoms with E-state index in [0.717, 1.165) is 11.4 Å². The third-order valence-electron chi connectivity index (χ3n) is 9.25. The largest absolute Gasteiger partial charge is 0.310 e. The van der Waals surface area contributed by atoms with Crippen molar-refractivity contribution in [2.45, 2.75) is 19.3 Å². The number of para-hydroxylation sites is 1. The van der Waals surface area contributed by atoms with Gasteiger partial charge in [0.1, 0.15) is 0 Å². The van der Waals surface area contributed by atoms with E-state index in [9.17, 15) is 0 Å². The fourth-order valence-electron chi connectivity index (χ4n) is 7.13. The van der Waals surface area contributed by atoms with Crippen LogP contribution in [0.4, 0.5) is 17.1 Å². The minimum absolute atomic E-state index is 0.139. The molecule has 1 heteroatoms. The van der Waals surface area contributed by atoms with Crippen LogP contribution in [-0.2, 0) is 5.41 Å². The second-order valence-corrected chi connectivity index (χ2v) is 12.2. The van der Waals surface area contributed by atoms with Crippen LogP contribution in [-0.4, -0.2) is 0 Å². The first-order valence-electron chi connectivity index (χ1n) is 15.4. The number of fused-ring (bicyclic) bond motifs is 4. The lowest BCUT2D eigenvalue weighted by Gasteiger charge is -2.30. The Morgan fingerprint density at radius 3 is 1.84 bits per heavy atom. The summed E-state index contributed by atoms with van der Waals surface area (Å²) in [5, 5.41) is 2.49. The van der Waals surface area contributed by atoms with Crippen LogP contribution < -0.4 is 4.90 Å². The summed E-state index contributed by atoms with van der Waals surface area (Å²) < 4.78 is 0. The fraction of sp³-hybridized carbons (Fsp3) is 0.0698. The van der Waals surface area contributed by atoms with Gasteiger partial charge in [0.05, 0.1) is 5.69 Å². The molecule has 1 aliphatic rings. The number of rotatable bonds is 5. The van der Waals surface area contributed by atoms with Gasteiger partial charge in [-0.3, -0.25) is 0 Å². The quantitative estimate of drug-likeness (QED) is 0.201. The van der Waals surface area contributed by atoms with Crippen LogP contribution in [0.1, 0.15) is 25.0 Å². The van der Waals surface area contributed by atoms with Crippen molar-refractivity contribution in [1.29, 1.82) is 0 Å². The van der Waals surface area contributed by atoms with Crippen LogP contribution in [0.15, 0.2) is 164 Å². The lowest BCUT2D eigenvalue weighted by Crippen LogP contribution is -2.17. The summed E-state index contributed by atoms with van der Waals surface area (Å²) in [6, 6.07) is 59.5. The fourth-order valence-corrected chi connectivity index (χ4v) is 7.13. The van der Waals surface area contributed by atoms with E-state index in [4.69, 9.17) is 0 Å². The zero-order chi connectivity index (χ0) is 29.7. The molecule has 1 nitrogen and oxygen atoms in total. The van der Waals surface area contributed by atoms with Gasteiger partial charge in [-0.15, -0.1) is 0 Å². The molecular formula is C43H33N. The molecule has 210 valence electrons. The number of anilines is 3. The Bertz CT molecular complexity index is 2130. The van der Waals surface area contributed by atoms with E-state index in [1.54, 1.807) is 0 Å². The van der Waals surface area contributed by atoms with Gasteiger partial charge in [0, 0.05) is 22.4 Å². The van der Waals surface area contributed by atoms with Gasteiger partial charge in [-0.1, -0.05) is 147 Å². The highest BCUT2D eigenvalue weighted by molar-refractivity contribution is 6.05. The van der Waals surface area contributed by atoms with Gasteiger partial charge in [0.2, 0.25) is 0 Å². The molecule has 0 atom stereocenters. The molecule has 0 aromatic heterocycles. The Morgan fingerprint density at radius 1 is 0.432 bits per heavy atom. The third-order valence-corrected chi connectivity index (χ3v) is 9.25. The van der Waals surface area contributed by atoms with Crippen LogP contribution in [0.5, 0.6) is 0 Å². The van der Waals surface area contributed by atoms with Crippen LogP contribution >= 0.6 is 0 Å². The highest BCUT2D eigenvalue weighted by atomic mass is 15.1. The van der Waals surface area contributed by atoms with E-state index in [1.165, 1.54) is 61.0 Å². The molecule has 0 aliphatic heterocycles. The highest BCUT2D eigenvalue weighted by Gasteiger charge is 2.37. The second kappa shape index (κ2) is 10.4. The van der Waals surface area contributed by atoms with Crippen molar-refractivity contribution in [3.8, 4) is 33.4 Å². The molecular weight excluding hydrogens is 530 g/mol. The summed E-state index contributed by atoms with van der Waals surface area (Å²) in [5.41, 5.74) is 13.7. The van der Waals surface area contributed by atoms with E-state index in [1.807, 2.05) is 0 Å². The molecule has 0 fully saturated rings. The van der Waals surface area contributed by atoms with Gasteiger partial charge >= 0.3 is 0 Å². The van der Waals surface area contributed by atoms with Gasteiger partial charge in [0.15, 0.2) is 0 Å². The zero-order valence-electron chi connectivity index (χ0n) is 25.0. The standard InChI is InChI=1S/C43H33N/c1-43(2)38-24-14-23-36(30-15-6-3-7-16-30)42(38)37-27-26-34(29-39(37)43)44(33-20-10-5-11-21-33)40-28-25-31-17-12-13-22-35(31)41(40)32-18-8-4-9-19-32/h3-29H,1-2H3. The summed E-state index contributed by atoms with van der Waals surface area (Å²) in [6.45, 7) is 4.74. The molecule has 0 saturated carbocycles. The topological polar surface area (TPSA) is 3.24 Å². The average molecular weight is 564 g/mol. The first-order chi connectivity index (χ1) is 21.6. The molecule has 44 heavy (non-hydrogen) atoms. The van der Waals surface area contributed by atoms with Crippen LogP contribution in [0.3, 0.4) is 0 Å². The predicted molar refractivity (Wildman–Crippen MR) is 187 cm³/mol. The van der Waals surface area contributed by atoms with Crippen molar-refractivity contribution in [1.82, 2.24) is 0 Å². The number of hydrogen-bond donors (Lipinski definition) is 0. The summed E-state index contributed by atoms with van der Waals surface area (Å²) >= 11 is 0. The maximum Gasteiger partial charge on any atom is 0.0546 e. The van der Waals surface area contributed by atoms with E-state index in [-0.39, 0.29) is 5.41 Å². The smallest absolute Gasteiger partial charge is 0.0546 e. The average Bonchev–Trinajstić information content (AvgIpc) is 3.32. The maximum atomic E-state index is 2.44. The van der Waals surface area contributed by atoms with Gasteiger partial charge in [-0.25, -0.2) is 0 Å². The van der Waals surface area contributed by atoms with Crippen molar-refractivity contribution >= 4 is 27.8 Å². The van der Waals surface area contributed by atoms with Crippen LogP contribution in [0.2, 0.25) is 0 Å². The van der Waals surface area contributed by atoms with Crippen molar-refractivity contribution in [2.24, 2.45) is 0 Å². The normalized spacial score (nSPS) is 13.0. The Morgan fingerprint density at radius 2 is 1.09 bits per heavy atom. The Kier molecular flexibility index (Phi) is 6.20. The Hall–Kier alpha value is -5.40.